The number of hydrogen-bond donors (Lipinski definition) is 0. The second kappa shape index (κ2) is 6.58. The van der Waals surface area contributed by atoms with Crippen LogP contribution in [0.25, 0.3) is 0 Å². The van der Waals surface area contributed by atoms with E-state index < -0.39 is 0 Å². The number of halogens is 1. The normalized spacial score (nSPS) is 10.6. The molecule has 2 nitrogen and oxygen atoms in total. The van der Waals surface area contributed by atoms with Crippen LogP contribution in [0.2, 0.25) is 5.02 Å². The Hall–Kier alpha value is -1.80. The van der Waals surface area contributed by atoms with Gasteiger partial charge in [0.1, 0.15) is 12.4 Å². The first-order chi connectivity index (χ1) is 9.60. The van der Waals surface area contributed by atoms with Gasteiger partial charge in [0, 0.05) is 5.02 Å². The van der Waals surface area contributed by atoms with Crippen molar-refractivity contribution in [2.45, 2.75) is 26.4 Å². The van der Waals surface area contributed by atoms with E-state index in [1.54, 1.807) is 18.2 Å². The van der Waals surface area contributed by atoms with Crippen LogP contribution in [0.1, 0.15) is 41.3 Å². The van der Waals surface area contributed by atoms with Gasteiger partial charge in [-0.05, 0) is 35.2 Å². The first-order valence-corrected chi connectivity index (χ1v) is 6.94. The molecule has 3 heteroatoms. The number of ether oxygens (including phenoxy) is 1. The molecular weight excluding hydrogens is 272 g/mol. The molecule has 0 aliphatic carbocycles. The molecule has 0 spiro atoms. The molecule has 0 aliphatic rings. The molecule has 104 valence electrons. The maximum atomic E-state index is 11.0. The van der Waals surface area contributed by atoms with Crippen molar-refractivity contribution in [2.75, 3.05) is 0 Å². The minimum absolute atomic E-state index is 0.431. The molecule has 2 rings (SSSR count). The summed E-state index contributed by atoms with van der Waals surface area (Å²) >= 11 is 5.85. The van der Waals surface area contributed by atoms with Crippen LogP contribution in [0.3, 0.4) is 0 Å². The van der Waals surface area contributed by atoms with Gasteiger partial charge < -0.3 is 4.74 Å². The summed E-state index contributed by atoms with van der Waals surface area (Å²) in [4.78, 5) is 11.0. The van der Waals surface area contributed by atoms with Crippen molar-refractivity contribution in [3.63, 3.8) is 0 Å². The average molecular weight is 289 g/mol. The number of benzene rings is 2. The minimum atomic E-state index is 0.431. The molecule has 0 saturated heterocycles. The molecule has 0 saturated carbocycles. The maximum absolute atomic E-state index is 11.0. The molecule has 0 bridgehead atoms. The molecule has 0 aliphatic heterocycles. The number of carbonyl (C=O) groups excluding carboxylic acids is 1. The molecule has 0 atom stereocenters. The molecule has 2 aromatic rings. The van der Waals surface area contributed by atoms with Crippen molar-refractivity contribution in [2.24, 2.45) is 0 Å². The van der Waals surface area contributed by atoms with Crippen LogP contribution in [0, 0.1) is 0 Å². The second-order valence-electron chi connectivity index (χ2n) is 4.98. The molecule has 0 fully saturated rings. The van der Waals surface area contributed by atoms with Crippen molar-refractivity contribution in [3.8, 4) is 5.75 Å². The summed E-state index contributed by atoms with van der Waals surface area (Å²) in [7, 11) is 0. The van der Waals surface area contributed by atoms with Gasteiger partial charge in [0.05, 0.1) is 5.56 Å². The summed E-state index contributed by atoms with van der Waals surface area (Å²) in [5.41, 5.74) is 2.84. The van der Waals surface area contributed by atoms with Crippen LogP contribution in [0.15, 0.2) is 42.5 Å². The lowest BCUT2D eigenvalue weighted by molar-refractivity contribution is 0.111. The quantitative estimate of drug-likeness (QED) is 0.735. The van der Waals surface area contributed by atoms with Crippen LogP contribution in [0.5, 0.6) is 5.75 Å². The van der Waals surface area contributed by atoms with Crippen molar-refractivity contribution in [1.82, 2.24) is 0 Å². The largest absolute Gasteiger partial charge is 0.488 e. The zero-order valence-corrected chi connectivity index (χ0v) is 12.4. The summed E-state index contributed by atoms with van der Waals surface area (Å²) in [5, 5.41) is 0.528. The Morgan fingerprint density at radius 1 is 1.15 bits per heavy atom. The Bertz CT molecular complexity index is 588. The summed E-state index contributed by atoms with van der Waals surface area (Å²) in [6.07, 6.45) is 0.753. The van der Waals surface area contributed by atoms with Gasteiger partial charge in [-0.3, -0.25) is 4.79 Å². The van der Waals surface area contributed by atoms with Gasteiger partial charge in [0.25, 0.3) is 0 Å². The molecule has 0 unspecified atom stereocenters. The summed E-state index contributed by atoms with van der Waals surface area (Å²) in [6, 6.07) is 13.3. The van der Waals surface area contributed by atoms with Gasteiger partial charge in [-0.1, -0.05) is 49.7 Å². The molecule has 0 aromatic heterocycles. The van der Waals surface area contributed by atoms with Crippen molar-refractivity contribution >= 4 is 17.9 Å². The first kappa shape index (κ1) is 14.6. The van der Waals surface area contributed by atoms with E-state index in [2.05, 4.69) is 26.0 Å². The van der Waals surface area contributed by atoms with E-state index in [0.717, 1.165) is 11.8 Å². The third-order valence-electron chi connectivity index (χ3n) is 3.14. The number of aldehydes is 1. The van der Waals surface area contributed by atoms with E-state index in [1.165, 1.54) is 5.56 Å². The highest BCUT2D eigenvalue weighted by Crippen LogP contribution is 2.22. The van der Waals surface area contributed by atoms with E-state index in [0.29, 0.717) is 28.9 Å². The predicted octanol–water partition coefficient (Wildman–Crippen LogP) is 4.85. The Kier molecular flexibility index (Phi) is 4.80. The lowest BCUT2D eigenvalue weighted by Crippen LogP contribution is -1.99. The predicted molar refractivity (Wildman–Crippen MR) is 81.7 cm³/mol. The van der Waals surface area contributed by atoms with Crippen LogP contribution in [0.4, 0.5) is 0 Å². The monoisotopic (exact) mass is 288 g/mol. The van der Waals surface area contributed by atoms with E-state index in [1.807, 2.05) is 12.1 Å². The Morgan fingerprint density at radius 3 is 2.45 bits per heavy atom. The van der Waals surface area contributed by atoms with E-state index >= 15 is 0 Å². The lowest BCUT2D eigenvalue weighted by atomic mass is 10.0. The fourth-order valence-electron chi connectivity index (χ4n) is 1.90. The molecule has 20 heavy (non-hydrogen) atoms. The summed E-state index contributed by atoms with van der Waals surface area (Å²) in [6.45, 7) is 4.76. The maximum Gasteiger partial charge on any atom is 0.153 e. The average Bonchev–Trinajstić information content (AvgIpc) is 2.46. The van der Waals surface area contributed by atoms with E-state index in [-0.39, 0.29) is 0 Å². The van der Waals surface area contributed by atoms with E-state index in [4.69, 9.17) is 16.3 Å². The molecule has 0 amide bonds. The SMILES string of the molecule is CC(C)c1ccc(COc2ccc(Cl)cc2C=O)cc1. The standard InChI is InChI=1S/C17H17ClO2/c1-12(2)14-5-3-13(4-6-14)11-20-17-8-7-16(18)9-15(17)10-19/h3-10,12H,11H2,1-2H3. The Morgan fingerprint density at radius 2 is 1.85 bits per heavy atom. The van der Waals surface area contributed by atoms with Crippen LogP contribution < -0.4 is 4.74 Å². The van der Waals surface area contributed by atoms with Crippen molar-refractivity contribution < 1.29 is 9.53 Å². The van der Waals surface area contributed by atoms with E-state index in [9.17, 15) is 4.79 Å². The lowest BCUT2D eigenvalue weighted by Gasteiger charge is -2.10. The zero-order valence-electron chi connectivity index (χ0n) is 11.6. The van der Waals surface area contributed by atoms with Crippen LogP contribution in [-0.2, 0) is 6.61 Å². The zero-order chi connectivity index (χ0) is 14.5. The molecule has 0 heterocycles. The highest BCUT2D eigenvalue weighted by Gasteiger charge is 2.05. The van der Waals surface area contributed by atoms with Gasteiger partial charge in [-0.2, -0.15) is 0 Å². The topological polar surface area (TPSA) is 26.3 Å². The van der Waals surface area contributed by atoms with Gasteiger partial charge in [0.2, 0.25) is 0 Å². The number of hydrogen-bond acceptors (Lipinski definition) is 2. The summed E-state index contributed by atoms with van der Waals surface area (Å²) in [5.74, 6) is 1.07. The van der Waals surface area contributed by atoms with Crippen LogP contribution in [-0.4, -0.2) is 6.29 Å². The van der Waals surface area contributed by atoms with Gasteiger partial charge in [0.15, 0.2) is 6.29 Å². The van der Waals surface area contributed by atoms with Crippen LogP contribution >= 0.6 is 11.6 Å². The molecular formula is C17H17ClO2. The third kappa shape index (κ3) is 3.61. The first-order valence-electron chi connectivity index (χ1n) is 6.56. The van der Waals surface area contributed by atoms with Gasteiger partial charge in [-0.15, -0.1) is 0 Å². The fourth-order valence-corrected chi connectivity index (χ4v) is 2.08. The highest BCUT2D eigenvalue weighted by atomic mass is 35.5. The number of carbonyl (C=O) groups is 1. The Labute approximate surface area is 124 Å². The molecule has 0 N–H and O–H groups in total. The number of rotatable bonds is 5. The van der Waals surface area contributed by atoms with Gasteiger partial charge >= 0.3 is 0 Å². The minimum Gasteiger partial charge on any atom is -0.488 e. The molecule has 2 aromatic carbocycles. The molecule has 0 radical (unpaired) electrons. The summed E-state index contributed by atoms with van der Waals surface area (Å²) < 4.78 is 5.68. The second-order valence-corrected chi connectivity index (χ2v) is 5.42. The highest BCUT2D eigenvalue weighted by molar-refractivity contribution is 6.30. The van der Waals surface area contributed by atoms with Crippen molar-refractivity contribution in [1.29, 1.82) is 0 Å². The fraction of sp³-hybridized carbons (Fsp3) is 0.235. The Balaban J connectivity index is 2.07. The van der Waals surface area contributed by atoms with Gasteiger partial charge in [-0.25, -0.2) is 0 Å². The third-order valence-corrected chi connectivity index (χ3v) is 3.37. The smallest absolute Gasteiger partial charge is 0.153 e. The van der Waals surface area contributed by atoms with Crippen molar-refractivity contribution in [3.05, 3.63) is 64.2 Å².